The molecule has 5 heteroatoms. The van der Waals surface area contributed by atoms with Crippen molar-refractivity contribution < 1.29 is 9.21 Å². The van der Waals surface area contributed by atoms with E-state index in [9.17, 15) is 4.79 Å². The van der Waals surface area contributed by atoms with Gasteiger partial charge in [0.05, 0.1) is 10.4 Å². The Morgan fingerprint density at radius 2 is 2.27 bits per heavy atom. The fourth-order valence-electron chi connectivity index (χ4n) is 1.16. The van der Waals surface area contributed by atoms with Gasteiger partial charge in [-0.25, -0.2) is 0 Å². The molecule has 2 aromatic heterocycles. The highest BCUT2D eigenvalue weighted by Crippen LogP contribution is 2.33. The summed E-state index contributed by atoms with van der Waals surface area (Å²) in [5.41, 5.74) is 0.554. The third-order valence-electron chi connectivity index (χ3n) is 1.86. The fraction of sp³-hybridized carbons (Fsp3) is 0.100. The van der Waals surface area contributed by atoms with Gasteiger partial charge in [-0.15, -0.1) is 11.3 Å². The van der Waals surface area contributed by atoms with Crippen molar-refractivity contribution >= 4 is 44.7 Å². The molecule has 0 bridgehead atoms. The topological polar surface area (TPSA) is 30.2 Å². The smallest absolute Gasteiger partial charge is 0.206 e. The minimum absolute atomic E-state index is 0.0653. The summed E-state index contributed by atoms with van der Waals surface area (Å²) in [6, 6.07) is 3.43. The van der Waals surface area contributed by atoms with Gasteiger partial charge in [-0.1, -0.05) is 11.6 Å². The first-order chi connectivity index (χ1) is 7.08. The molecule has 0 unspecified atom stereocenters. The molecule has 78 valence electrons. The minimum atomic E-state index is -0.0653. The SMILES string of the molecule is Cc1cc(C(=O)c2cc(Br)c(Cl)s2)co1. The summed E-state index contributed by atoms with van der Waals surface area (Å²) in [5.74, 6) is 0.657. The molecule has 0 saturated carbocycles. The van der Waals surface area contributed by atoms with Crippen LogP contribution in [0, 0.1) is 6.92 Å². The van der Waals surface area contributed by atoms with Gasteiger partial charge in [0, 0.05) is 4.47 Å². The van der Waals surface area contributed by atoms with Crippen molar-refractivity contribution in [1.29, 1.82) is 0 Å². The van der Waals surface area contributed by atoms with Crippen LogP contribution in [0.15, 0.2) is 27.3 Å². The molecule has 0 saturated heterocycles. The van der Waals surface area contributed by atoms with Gasteiger partial charge in [0.2, 0.25) is 5.78 Å². The average molecular weight is 306 g/mol. The molecular formula is C10H6BrClO2S. The number of carbonyl (C=O) groups is 1. The van der Waals surface area contributed by atoms with E-state index < -0.39 is 0 Å². The first kappa shape index (κ1) is 10.9. The van der Waals surface area contributed by atoms with Gasteiger partial charge in [0.1, 0.15) is 16.4 Å². The highest BCUT2D eigenvalue weighted by atomic mass is 79.9. The number of ketones is 1. The lowest BCUT2D eigenvalue weighted by Crippen LogP contribution is -1.95. The molecule has 2 aromatic rings. The van der Waals surface area contributed by atoms with Crippen molar-refractivity contribution in [3.8, 4) is 0 Å². The molecule has 2 rings (SSSR count). The van der Waals surface area contributed by atoms with Crippen LogP contribution in [0.1, 0.15) is 21.0 Å². The number of carbonyl (C=O) groups excluding carboxylic acids is 1. The van der Waals surface area contributed by atoms with Crippen molar-refractivity contribution in [3.63, 3.8) is 0 Å². The number of furan rings is 1. The largest absolute Gasteiger partial charge is 0.469 e. The van der Waals surface area contributed by atoms with Crippen molar-refractivity contribution in [3.05, 3.63) is 43.4 Å². The molecule has 0 N–H and O–H groups in total. The van der Waals surface area contributed by atoms with E-state index in [0.717, 1.165) is 10.2 Å². The lowest BCUT2D eigenvalue weighted by atomic mass is 10.2. The Balaban J connectivity index is 2.36. The minimum Gasteiger partial charge on any atom is -0.469 e. The van der Waals surface area contributed by atoms with Crippen LogP contribution in [0.3, 0.4) is 0 Å². The van der Waals surface area contributed by atoms with E-state index in [1.54, 1.807) is 19.1 Å². The second-order valence-corrected chi connectivity index (χ2v) is 5.52. The summed E-state index contributed by atoms with van der Waals surface area (Å²) in [4.78, 5) is 12.5. The molecule has 0 radical (unpaired) electrons. The first-order valence-electron chi connectivity index (χ1n) is 4.12. The van der Waals surface area contributed by atoms with E-state index in [1.165, 1.54) is 17.6 Å². The van der Waals surface area contributed by atoms with Crippen LogP contribution in [-0.4, -0.2) is 5.78 Å². The Morgan fingerprint density at radius 3 is 2.73 bits per heavy atom. The van der Waals surface area contributed by atoms with E-state index >= 15 is 0 Å². The predicted octanol–water partition coefficient (Wildman–Crippen LogP) is 4.30. The van der Waals surface area contributed by atoms with Gasteiger partial charge in [-0.3, -0.25) is 4.79 Å². The van der Waals surface area contributed by atoms with Crippen LogP contribution >= 0.6 is 38.9 Å². The molecule has 15 heavy (non-hydrogen) atoms. The Labute approximate surface area is 104 Å². The summed E-state index contributed by atoms with van der Waals surface area (Å²) >= 11 is 10.4. The standard InChI is InChI=1S/C10H6BrClO2S/c1-5-2-6(4-14-5)9(13)8-3-7(11)10(12)15-8/h2-4H,1H3. The summed E-state index contributed by atoms with van der Waals surface area (Å²) in [5, 5.41) is 0. The van der Waals surface area contributed by atoms with Crippen LogP contribution in [0.4, 0.5) is 0 Å². The maximum Gasteiger partial charge on any atom is 0.206 e. The molecule has 0 aliphatic heterocycles. The van der Waals surface area contributed by atoms with Gasteiger partial charge < -0.3 is 4.42 Å². The highest BCUT2D eigenvalue weighted by Gasteiger charge is 2.15. The Kier molecular flexibility index (Phi) is 3.00. The Morgan fingerprint density at radius 1 is 1.53 bits per heavy atom. The molecule has 0 aliphatic carbocycles. The predicted molar refractivity (Wildman–Crippen MR) is 63.9 cm³/mol. The van der Waals surface area contributed by atoms with Crippen LogP contribution in [0.25, 0.3) is 0 Å². The molecule has 0 aliphatic rings. The number of rotatable bonds is 2. The molecule has 0 spiro atoms. The molecule has 2 heterocycles. The van der Waals surface area contributed by atoms with E-state index in [4.69, 9.17) is 16.0 Å². The quantitative estimate of drug-likeness (QED) is 0.775. The zero-order chi connectivity index (χ0) is 11.0. The number of halogens is 2. The highest BCUT2D eigenvalue weighted by molar-refractivity contribution is 9.10. The average Bonchev–Trinajstić information content (AvgIpc) is 2.74. The van der Waals surface area contributed by atoms with Crippen molar-refractivity contribution in [2.75, 3.05) is 0 Å². The van der Waals surface area contributed by atoms with Gasteiger partial charge in [-0.05, 0) is 35.0 Å². The van der Waals surface area contributed by atoms with Crippen molar-refractivity contribution in [2.45, 2.75) is 6.92 Å². The number of hydrogen-bond acceptors (Lipinski definition) is 3. The normalized spacial score (nSPS) is 10.6. The molecule has 0 fully saturated rings. The maximum atomic E-state index is 11.9. The second kappa shape index (κ2) is 4.12. The summed E-state index contributed by atoms with van der Waals surface area (Å²) < 4.78 is 6.41. The molecule has 0 aromatic carbocycles. The van der Waals surface area contributed by atoms with Crippen LogP contribution < -0.4 is 0 Å². The number of hydrogen-bond donors (Lipinski definition) is 0. The molecular weight excluding hydrogens is 300 g/mol. The Hall–Kier alpha value is -0.580. The van der Waals surface area contributed by atoms with E-state index in [-0.39, 0.29) is 5.78 Å². The first-order valence-corrected chi connectivity index (χ1v) is 6.11. The second-order valence-electron chi connectivity index (χ2n) is 3.01. The molecule has 0 amide bonds. The van der Waals surface area contributed by atoms with E-state index in [0.29, 0.717) is 14.8 Å². The molecule has 0 atom stereocenters. The third kappa shape index (κ3) is 2.17. The lowest BCUT2D eigenvalue weighted by molar-refractivity contribution is 0.104. The van der Waals surface area contributed by atoms with Gasteiger partial charge in [-0.2, -0.15) is 0 Å². The fourth-order valence-corrected chi connectivity index (χ4v) is 2.83. The van der Waals surface area contributed by atoms with E-state index in [1.807, 2.05) is 0 Å². The van der Waals surface area contributed by atoms with Crippen LogP contribution in [0.5, 0.6) is 0 Å². The van der Waals surface area contributed by atoms with Gasteiger partial charge in [0.15, 0.2) is 0 Å². The Bertz CT molecular complexity index is 496. The van der Waals surface area contributed by atoms with Crippen molar-refractivity contribution in [2.24, 2.45) is 0 Å². The lowest BCUT2D eigenvalue weighted by Gasteiger charge is -1.89. The summed E-state index contributed by atoms with van der Waals surface area (Å²) in [7, 11) is 0. The van der Waals surface area contributed by atoms with Crippen LogP contribution in [-0.2, 0) is 0 Å². The van der Waals surface area contributed by atoms with Crippen LogP contribution in [0.2, 0.25) is 4.34 Å². The van der Waals surface area contributed by atoms with Crippen molar-refractivity contribution in [1.82, 2.24) is 0 Å². The third-order valence-corrected chi connectivity index (χ3v) is 4.34. The summed E-state index contributed by atoms with van der Waals surface area (Å²) in [6.45, 7) is 1.80. The number of aryl methyl sites for hydroxylation is 1. The zero-order valence-corrected chi connectivity index (χ0v) is 10.9. The number of thiophene rings is 1. The van der Waals surface area contributed by atoms with Gasteiger partial charge in [0.25, 0.3) is 0 Å². The summed E-state index contributed by atoms with van der Waals surface area (Å²) in [6.07, 6.45) is 1.46. The molecule has 2 nitrogen and oxygen atoms in total. The monoisotopic (exact) mass is 304 g/mol. The zero-order valence-electron chi connectivity index (χ0n) is 7.71. The maximum absolute atomic E-state index is 11.9. The van der Waals surface area contributed by atoms with E-state index in [2.05, 4.69) is 15.9 Å². The van der Waals surface area contributed by atoms with Gasteiger partial charge >= 0.3 is 0 Å².